The van der Waals surface area contributed by atoms with Crippen LogP contribution in [0.4, 0.5) is 0 Å². The van der Waals surface area contributed by atoms with Crippen molar-refractivity contribution in [1.29, 1.82) is 0 Å². The Bertz CT molecular complexity index is 1370. The van der Waals surface area contributed by atoms with Crippen LogP contribution in [0.2, 0.25) is 0 Å². The highest BCUT2D eigenvalue weighted by molar-refractivity contribution is 7.86. The van der Waals surface area contributed by atoms with Crippen molar-refractivity contribution < 1.29 is 48.5 Å². The second kappa shape index (κ2) is 8.17. The van der Waals surface area contributed by atoms with Crippen molar-refractivity contribution in [3.63, 3.8) is 0 Å². The summed E-state index contributed by atoms with van der Waals surface area (Å²) in [6, 6.07) is 5.84. The summed E-state index contributed by atoms with van der Waals surface area (Å²) in [5, 5.41) is 0. The lowest BCUT2D eigenvalue weighted by atomic mass is 10.1. The molecule has 0 fully saturated rings. The summed E-state index contributed by atoms with van der Waals surface area (Å²) >= 11 is 0. The molecule has 0 aliphatic heterocycles. The van der Waals surface area contributed by atoms with Gasteiger partial charge in [-0.2, -0.15) is 25.3 Å². The summed E-state index contributed by atoms with van der Waals surface area (Å²) in [6.07, 6.45) is 1.38. The Kier molecular flexibility index (Phi) is 6.41. The lowest BCUT2D eigenvalue weighted by Crippen LogP contribution is -2.10. The maximum atomic E-state index is 12.3. The lowest BCUT2D eigenvalue weighted by Gasteiger charge is -2.06. The van der Waals surface area contributed by atoms with Crippen molar-refractivity contribution >= 4 is 41.9 Å². The van der Waals surface area contributed by atoms with Crippen molar-refractivity contribution in [2.24, 2.45) is 0 Å². The van der Waals surface area contributed by atoms with Gasteiger partial charge in [0.25, 0.3) is 30.4 Å². The maximum absolute atomic E-state index is 12.3. The number of allylic oxidation sites excluding steroid dienone is 2. The number of carbonyl (C=O) groups excluding carboxylic acids is 2. The third-order valence-electron chi connectivity index (χ3n) is 3.62. The van der Waals surface area contributed by atoms with Crippen LogP contribution in [0.15, 0.2) is 69.3 Å². The molecule has 0 bridgehead atoms. The predicted octanol–water partition coefficient (Wildman–Crippen LogP) is 1.05. The Balaban J connectivity index is 2.37. The van der Waals surface area contributed by atoms with E-state index in [-0.39, 0.29) is 5.56 Å². The average molecular weight is 476 g/mol. The van der Waals surface area contributed by atoms with Gasteiger partial charge in [0.05, 0.1) is 9.79 Å². The highest BCUT2D eigenvalue weighted by Gasteiger charge is 2.23. The number of ketones is 2. The van der Waals surface area contributed by atoms with Gasteiger partial charge in [0, 0.05) is 11.1 Å². The quantitative estimate of drug-likeness (QED) is 0.293. The van der Waals surface area contributed by atoms with Gasteiger partial charge >= 0.3 is 0 Å². The smallest absolute Gasteiger partial charge is 0.289 e. The molecule has 0 saturated heterocycles. The first-order valence-electron chi connectivity index (χ1n) is 7.54. The van der Waals surface area contributed by atoms with E-state index in [4.69, 9.17) is 9.11 Å². The van der Waals surface area contributed by atoms with E-state index in [9.17, 15) is 39.4 Å². The third-order valence-corrected chi connectivity index (χ3v) is 6.23. The fourth-order valence-electron chi connectivity index (χ4n) is 2.21. The molecule has 0 heterocycles. The van der Waals surface area contributed by atoms with Gasteiger partial charge in [-0.1, -0.05) is 0 Å². The van der Waals surface area contributed by atoms with Crippen LogP contribution in [0, 0.1) is 0 Å². The molecule has 0 amide bonds. The first-order chi connectivity index (χ1) is 13.6. The molecule has 160 valence electrons. The van der Waals surface area contributed by atoms with Crippen LogP contribution in [0.1, 0.15) is 20.7 Å². The third kappa shape index (κ3) is 5.65. The van der Waals surface area contributed by atoms with Crippen LogP contribution in [0.5, 0.6) is 0 Å². The molecule has 14 heteroatoms. The SMILES string of the molecule is O=C(C=CC(=O)c1ccc(S(=O)(=O)O)cc1S(=O)(=O)O)c1ccc(S(=O)(=O)O)cc1. The monoisotopic (exact) mass is 476 g/mol. The number of benzene rings is 2. The van der Waals surface area contributed by atoms with Crippen LogP contribution in [-0.4, -0.2) is 50.5 Å². The zero-order valence-electron chi connectivity index (χ0n) is 14.5. The predicted molar refractivity (Wildman–Crippen MR) is 100 cm³/mol. The molecule has 0 aliphatic rings. The number of hydrogen-bond acceptors (Lipinski definition) is 8. The molecule has 3 N–H and O–H groups in total. The maximum Gasteiger partial charge on any atom is 0.295 e. The Morgan fingerprint density at radius 2 is 1.10 bits per heavy atom. The second-order valence-electron chi connectivity index (χ2n) is 5.67. The van der Waals surface area contributed by atoms with E-state index in [2.05, 4.69) is 0 Å². The number of hydrogen-bond donors (Lipinski definition) is 3. The van der Waals surface area contributed by atoms with Gasteiger partial charge in [-0.15, -0.1) is 0 Å². The molecule has 2 aromatic rings. The van der Waals surface area contributed by atoms with E-state index in [1.165, 1.54) is 0 Å². The lowest BCUT2D eigenvalue weighted by molar-refractivity contribution is 0.102. The minimum atomic E-state index is -5.07. The Morgan fingerprint density at radius 3 is 1.57 bits per heavy atom. The molecule has 2 aromatic carbocycles. The number of carbonyl (C=O) groups is 2. The molecule has 0 unspecified atom stereocenters. The zero-order chi connectivity index (χ0) is 22.9. The van der Waals surface area contributed by atoms with Gasteiger partial charge in [0.2, 0.25) is 0 Å². The summed E-state index contributed by atoms with van der Waals surface area (Å²) in [5.74, 6) is -1.87. The van der Waals surface area contributed by atoms with Gasteiger partial charge < -0.3 is 0 Å². The van der Waals surface area contributed by atoms with Crippen molar-refractivity contribution in [2.75, 3.05) is 0 Å². The molecule has 2 rings (SSSR count). The normalized spacial score (nSPS) is 12.8. The van der Waals surface area contributed by atoms with Crippen LogP contribution in [0.25, 0.3) is 0 Å². The Hall–Kier alpha value is -2.75. The zero-order valence-corrected chi connectivity index (χ0v) is 17.0. The van der Waals surface area contributed by atoms with Gasteiger partial charge in [-0.25, -0.2) is 0 Å². The first kappa shape index (κ1) is 23.5. The van der Waals surface area contributed by atoms with Crippen LogP contribution in [-0.2, 0) is 30.4 Å². The topological polar surface area (TPSA) is 197 Å². The van der Waals surface area contributed by atoms with Gasteiger partial charge in [-0.3, -0.25) is 23.2 Å². The summed E-state index contributed by atoms with van der Waals surface area (Å²) in [7, 11) is -14.4. The van der Waals surface area contributed by atoms with E-state index in [0.29, 0.717) is 12.1 Å². The van der Waals surface area contributed by atoms with E-state index in [1.807, 2.05) is 0 Å². The van der Waals surface area contributed by atoms with Gasteiger partial charge in [-0.05, 0) is 54.6 Å². The molecule has 11 nitrogen and oxygen atoms in total. The molecule has 0 saturated carbocycles. The van der Waals surface area contributed by atoms with Gasteiger partial charge in [0.1, 0.15) is 4.90 Å². The molecule has 0 spiro atoms. The van der Waals surface area contributed by atoms with E-state index >= 15 is 0 Å². The van der Waals surface area contributed by atoms with Crippen molar-refractivity contribution in [1.82, 2.24) is 0 Å². The molecule has 0 atom stereocenters. The van der Waals surface area contributed by atoms with Crippen LogP contribution in [0.3, 0.4) is 0 Å². The molecule has 0 aliphatic carbocycles. The summed E-state index contributed by atoms with van der Waals surface area (Å²) < 4.78 is 94.3. The Morgan fingerprint density at radius 1 is 0.633 bits per heavy atom. The van der Waals surface area contributed by atoms with Crippen molar-refractivity contribution in [2.45, 2.75) is 14.7 Å². The standard InChI is InChI=1S/C16H12O11S3/c17-14(10-1-3-11(4-2-10)28(19,20)21)7-8-15(18)13-6-5-12(29(22,23)24)9-16(13)30(25,26)27/h1-9H,(H,19,20,21)(H,22,23,24)(H,25,26,27). The van der Waals surface area contributed by atoms with Crippen LogP contribution >= 0.6 is 0 Å². The second-order valence-corrected chi connectivity index (χ2v) is 9.90. The minimum absolute atomic E-state index is 0.0665. The van der Waals surface area contributed by atoms with E-state index in [0.717, 1.165) is 42.5 Å². The fourth-order valence-corrected chi connectivity index (χ4v) is 3.99. The summed E-state index contributed by atoms with van der Waals surface area (Å²) in [4.78, 5) is 21.9. The fraction of sp³-hybridized carbons (Fsp3) is 0. The van der Waals surface area contributed by atoms with Crippen molar-refractivity contribution in [3.05, 3.63) is 65.7 Å². The summed E-state index contributed by atoms with van der Waals surface area (Å²) in [6.45, 7) is 0. The average Bonchev–Trinajstić information content (AvgIpc) is 2.63. The summed E-state index contributed by atoms with van der Waals surface area (Å²) in [5.41, 5.74) is -0.737. The minimum Gasteiger partial charge on any atom is -0.289 e. The van der Waals surface area contributed by atoms with Crippen LogP contribution < -0.4 is 0 Å². The highest BCUT2D eigenvalue weighted by atomic mass is 32.2. The largest absolute Gasteiger partial charge is 0.295 e. The van der Waals surface area contributed by atoms with Gasteiger partial charge in [0.15, 0.2) is 11.6 Å². The Labute approximate surface area is 170 Å². The van der Waals surface area contributed by atoms with E-state index < -0.39 is 62.2 Å². The molecule has 0 aromatic heterocycles. The highest BCUT2D eigenvalue weighted by Crippen LogP contribution is 2.21. The number of rotatable bonds is 7. The molecular weight excluding hydrogens is 464 g/mol. The molecule has 0 radical (unpaired) electrons. The van der Waals surface area contributed by atoms with E-state index in [1.54, 1.807) is 0 Å². The first-order valence-corrected chi connectivity index (χ1v) is 11.9. The van der Waals surface area contributed by atoms with Crippen molar-refractivity contribution in [3.8, 4) is 0 Å². The molecule has 30 heavy (non-hydrogen) atoms. The molecular formula is C16H12O11S3.